The highest BCUT2D eigenvalue weighted by molar-refractivity contribution is 9.10. The van der Waals surface area contributed by atoms with Crippen molar-refractivity contribution in [2.75, 3.05) is 6.54 Å². The summed E-state index contributed by atoms with van der Waals surface area (Å²) in [6.07, 6.45) is 2.14. The Labute approximate surface area is 124 Å². The number of aromatic nitrogens is 2. The third-order valence-corrected chi connectivity index (χ3v) is 4.66. The zero-order chi connectivity index (χ0) is 13.5. The summed E-state index contributed by atoms with van der Waals surface area (Å²) in [7, 11) is 0. The van der Waals surface area contributed by atoms with Crippen molar-refractivity contribution < 1.29 is 4.52 Å². The van der Waals surface area contributed by atoms with Gasteiger partial charge < -0.3 is 9.84 Å². The first-order valence-electron chi connectivity index (χ1n) is 6.13. The Hall–Kier alpha value is -0.910. The molecule has 1 aliphatic rings. The van der Waals surface area contributed by atoms with Crippen LogP contribution < -0.4 is 5.32 Å². The first kappa shape index (κ1) is 13.1. The molecule has 6 heteroatoms. The molecule has 1 aromatic carbocycles. The summed E-state index contributed by atoms with van der Waals surface area (Å²) < 4.78 is 6.23. The van der Waals surface area contributed by atoms with E-state index in [1.54, 1.807) is 0 Å². The molecule has 1 aromatic heterocycles. The van der Waals surface area contributed by atoms with Crippen LogP contribution >= 0.6 is 27.5 Å². The lowest BCUT2D eigenvalue weighted by atomic mass is 10.0. The lowest BCUT2D eigenvalue weighted by Gasteiger charge is -2.18. The molecule has 2 aromatic rings. The van der Waals surface area contributed by atoms with Crippen molar-refractivity contribution in [3.05, 3.63) is 33.6 Å². The maximum Gasteiger partial charge on any atom is 0.246 e. The molecular weight excluding hydrogens is 330 g/mol. The molecule has 1 saturated heterocycles. The number of halogens is 2. The quantitative estimate of drug-likeness (QED) is 0.903. The highest BCUT2D eigenvalue weighted by Crippen LogP contribution is 2.32. The van der Waals surface area contributed by atoms with E-state index in [4.69, 9.17) is 16.1 Å². The molecule has 0 spiro atoms. The minimum Gasteiger partial charge on any atom is -0.337 e. The van der Waals surface area contributed by atoms with Crippen LogP contribution in [0.25, 0.3) is 11.4 Å². The molecule has 19 heavy (non-hydrogen) atoms. The van der Waals surface area contributed by atoms with E-state index >= 15 is 0 Å². The summed E-state index contributed by atoms with van der Waals surface area (Å²) in [5.74, 6) is 1.23. The van der Waals surface area contributed by atoms with Crippen LogP contribution in [0.4, 0.5) is 0 Å². The largest absolute Gasteiger partial charge is 0.337 e. The van der Waals surface area contributed by atoms with Gasteiger partial charge in [0, 0.05) is 10.0 Å². The highest BCUT2D eigenvalue weighted by Gasteiger charge is 2.35. The summed E-state index contributed by atoms with van der Waals surface area (Å²) >= 11 is 9.37. The average Bonchev–Trinajstić information content (AvgIpc) is 3.02. The first-order chi connectivity index (χ1) is 9.08. The molecule has 0 radical (unpaired) electrons. The van der Waals surface area contributed by atoms with Crippen molar-refractivity contribution in [3.8, 4) is 11.4 Å². The summed E-state index contributed by atoms with van der Waals surface area (Å²) in [4.78, 5) is 4.50. The molecule has 100 valence electrons. The zero-order valence-electron chi connectivity index (χ0n) is 10.4. The third-order valence-electron chi connectivity index (χ3n) is 3.44. The average molecular weight is 343 g/mol. The number of rotatable bonds is 2. The topological polar surface area (TPSA) is 51.0 Å². The van der Waals surface area contributed by atoms with Crippen LogP contribution in [-0.4, -0.2) is 16.7 Å². The minimum atomic E-state index is -0.199. The molecule has 0 saturated carbocycles. The van der Waals surface area contributed by atoms with Crippen LogP contribution in [0.1, 0.15) is 25.7 Å². The molecule has 3 rings (SSSR count). The van der Waals surface area contributed by atoms with Crippen molar-refractivity contribution in [3.63, 3.8) is 0 Å². The van der Waals surface area contributed by atoms with E-state index in [-0.39, 0.29) is 5.54 Å². The van der Waals surface area contributed by atoms with Gasteiger partial charge in [-0.1, -0.05) is 16.8 Å². The van der Waals surface area contributed by atoms with Crippen LogP contribution in [-0.2, 0) is 5.54 Å². The van der Waals surface area contributed by atoms with Gasteiger partial charge in [0.05, 0.1) is 10.6 Å². The van der Waals surface area contributed by atoms with Crippen molar-refractivity contribution in [1.82, 2.24) is 15.5 Å². The number of nitrogens with zero attached hydrogens (tertiary/aromatic N) is 2. The number of nitrogens with one attached hydrogen (secondary N) is 1. The van der Waals surface area contributed by atoms with E-state index < -0.39 is 0 Å². The molecular formula is C13H13BrClN3O. The Bertz CT molecular complexity index is 608. The monoisotopic (exact) mass is 341 g/mol. The van der Waals surface area contributed by atoms with Gasteiger partial charge in [0.25, 0.3) is 0 Å². The van der Waals surface area contributed by atoms with Crippen LogP contribution in [0, 0.1) is 0 Å². The first-order valence-corrected chi connectivity index (χ1v) is 7.30. The van der Waals surface area contributed by atoms with E-state index in [0.29, 0.717) is 16.7 Å². The van der Waals surface area contributed by atoms with Gasteiger partial charge in [-0.3, -0.25) is 0 Å². The van der Waals surface area contributed by atoms with Crippen LogP contribution in [0.15, 0.2) is 27.2 Å². The van der Waals surface area contributed by atoms with Gasteiger partial charge >= 0.3 is 0 Å². The molecule has 2 heterocycles. The van der Waals surface area contributed by atoms with E-state index in [9.17, 15) is 0 Å². The second-order valence-electron chi connectivity index (χ2n) is 4.91. The van der Waals surface area contributed by atoms with Gasteiger partial charge in [-0.2, -0.15) is 4.98 Å². The Balaban J connectivity index is 1.94. The lowest BCUT2D eigenvalue weighted by molar-refractivity contribution is 0.275. The highest BCUT2D eigenvalue weighted by atomic mass is 79.9. The van der Waals surface area contributed by atoms with Crippen LogP contribution in [0.5, 0.6) is 0 Å². The fourth-order valence-corrected chi connectivity index (χ4v) is 2.77. The number of benzene rings is 1. The van der Waals surface area contributed by atoms with Gasteiger partial charge in [-0.05, 0) is 60.4 Å². The van der Waals surface area contributed by atoms with E-state index in [2.05, 4.69) is 38.3 Å². The van der Waals surface area contributed by atoms with Crippen LogP contribution in [0.3, 0.4) is 0 Å². The SMILES string of the molecule is CC1(c2nc(-c3ccc(Cl)c(Br)c3)no2)CCCN1. The van der Waals surface area contributed by atoms with Crippen molar-refractivity contribution in [2.45, 2.75) is 25.3 Å². The molecule has 4 nitrogen and oxygen atoms in total. The predicted molar refractivity (Wildman–Crippen MR) is 77.0 cm³/mol. The zero-order valence-corrected chi connectivity index (χ0v) is 12.8. The maximum absolute atomic E-state index is 5.98. The fourth-order valence-electron chi connectivity index (χ4n) is 2.28. The molecule has 0 amide bonds. The third kappa shape index (κ3) is 2.42. The fraction of sp³-hybridized carbons (Fsp3) is 0.385. The smallest absolute Gasteiger partial charge is 0.246 e. The Kier molecular flexibility index (Phi) is 3.37. The molecule has 1 atom stereocenters. The summed E-state index contributed by atoms with van der Waals surface area (Å²) in [5.41, 5.74) is 0.683. The summed E-state index contributed by atoms with van der Waals surface area (Å²) in [5, 5.41) is 8.13. The molecule has 0 aliphatic carbocycles. The van der Waals surface area contributed by atoms with Crippen LogP contribution in [0.2, 0.25) is 5.02 Å². The van der Waals surface area contributed by atoms with Crippen molar-refractivity contribution in [1.29, 1.82) is 0 Å². The van der Waals surface area contributed by atoms with E-state index in [1.165, 1.54) is 0 Å². The van der Waals surface area contributed by atoms with Crippen molar-refractivity contribution in [2.24, 2.45) is 0 Å². The molecule has 1 N–H and O–H groups in total. The lowest BCUT2D eigenvalue weighted by Crippen LogP contribution is -2.33. The Morgan fingerprint density at radius 1 is 1.47 bits per heavy atom. The summed E-state index contributed by atoms with van der Waals surface area (Å²) in [6.45, 7) is 3.08. The van der Waals surface area contributed by atoms with Gasteiger partial charge in [0.2, 0.25) is 11.7 Å². The second kappa shape index (κ2) is 4.89. The van der Waals surface area contributed by atoms with E-state index in [0.717, 1.165) is 29.4 Å². The minimum absolute atomic E-state index is 0.199. The Morgan fingerprint density at radius 3 is 3.00 bits per heavy atom. The normalized spacial score (nSPS) is 22.9. The standard InChI is InChI=1S/C13H13BrClN3O/c1-13(5-2-6-16-13)12-17-11(18-19-12)8-3-4-10(15)9(14)7-8/h3-4,7,16H,2,5-6H2,1H3. The van der Waals surface area contributed by atoms with E-state index in [1.807, 2.05) is 18.2 Å². The molecule has 0 bridgehead atoms. The Morgan fingerprint density at radius 2 is 2.32 bits per heavy atom. The van der Waals surface area contributed by atoms with Gasteiger partial charge in [-0.15, -0.1) is 0 Å². The predicted octanol–water partition coefficient (Wildman–Crippen LogP) is 3.75. The number of hydrogen-bond donors (Lipinski definition) is 1. The maximum atomic E-state index is 5.98. The molecule has 1 aliphatic heterocycles. The van der Waals surface area contributed by atoms with Gasteiger partial charge in [0.1, 0.15) is 0 Å². The van der Waals surface area contributed by atoms with Gasteiger partial charge in [0.15, 0.2) is 0 Å². The molecule has 1 fully saturated rings. The summed E-state index contributed by atoms with van der Waals surface area (Å²) in [6, 6.07) is 5.58. The second-order valence-corrected chi connectivity index (χ2v) is 6.18. The van der Waals surface area contributed by atoms with Crippen molar-refractivity contribution >= 4 is 27.5 Å². The van der Waals surface area contributed by atoms with Gasteiger partial charge in [-0.25, -0.2) is 0 Å². The molecule has 1 unspecified atom stereocenters. The number of hydrogen-bond acceptors (Lipinski definition) is 4.